The number of fused-ring (bicyclic) bond motifs is 5. The van der Waals surface area contributed by atoms with Crippen molar-refractivity contribution < 1.29 is 34.4 Å². The third kappa shape index (κ3) is 3.85. The van der Waals surface area contributed by atoms with Gasteiger partial charge in [0.05, 0.1) is 6.61 Å². The summed E-state index contributed by atoms with van der Waals surface area (Å²) in [5, 5.41) is 32.9. The fraction of sp³-hybridized carbons (Fsp3) is 0.692. The Labute approximate surface area is 199 Å². The van der Waals surface area contributed by atoms with E-state index in [-0.39, 0.29) is 11.3 Å². The highest BCUT2D eigenvalue weighted by Crippen LogP contribution is 2.59. The molecule has 3 fully saturated rings. The molecule has 4 aliphatic rings. The van der Waals surface area contributed by atoms with Gasteiger partial charge in [-0.1, -0.05) is 13.0 Å². The second-order valence-electron chi connectivity index (χ2n) is 10.7. The van der Waals surface area contributed by atoms with Crippen LogP contribution in [0, 0.1) is 17.3 Å². The highest BCUT2D eigenvalue weighted by atomic mass is 16.7. The summed E-state index contributed by atoms with van der Waals surface area (Å²) in [5.74, 6) is 2.07. The number of nitrogens with one attached hydrogen (secondary N) is 1. The standard InChI is InChI=1S/C26H35NO7/c1-13(29)27-22-24(32)23(31)20(12-28)34-25(22)33-15-4-6-16-14(11-15)3-5-18-17(16)9-10-26(2)19(18)7-8-21(26)30/h4,6,11,17-20,22-25,28,31-32H,3,5,7-10,12H2,1-2H3,(H,27,29)/t17-,18+,19-,20-,22+,23-,24-,25-,26-/m1/s1. The quantitative estimate of drug-likeness (QED) is 0.521. The lowest BCUT2D eigenvalue weighted by atomic mass is 9.55. The summed E-state index contributed by atoms with van der Waals surface area (Å²) in [6.45, 7) is 3.01. The van der Waals surface area contributed by atoms with E-state index in [0.717, 1.165) is 38.5 Å². The van der Waals surface area contributed by atoms with Gasteiger partial charge in [0.15, 0.2) is 0 Å². The molecular formula is C26H35NO7. The van der Waals surface area contributed by atoms with Crippen LogP contribution in [-0.4, -0.2) is 64.3 Å². The van der Waals surface area contributed by atoms with Gasteiger partial charge in [0.25, 0.3) is 0 Å². The normalized spacial score (nSPS) is 41.3. The number of carbonyl (C=O) groups excluding carboxylic acids is 2. The molecule has 1 aromatic carbocycles. The molecule has 0 aromatic heterocycles. The van der Waals surface area contributed by atoms with Crippen molar-refractivity contribution in [3.63, 3.8) is 0 Å². The Bertz CT molecular complexity index is 966. The molecule has 2 saturated carbocycles. The minimum absolute atomic E-state index is 0.145. The topological polar surface area (TPSA) is 125 Å². The summed E-state index contributed by atoms with van der Waals surface area (Å²) in [5.41, 5.74) is 2.41. The first-order chi connectivity index (χ1) is 16.2. The van der Waals surface area contributed by atoms with Crippen LogP contribution in [0.4, 0.5) is 0 Å². The summed E-state index contributed by atoms with van der Waals surface area (Å²) in [6, 6.07) is 5.01. The summed E-state index contributed by atoms with van der Waals surface area (Å²) in [6.07, 6.45) is 0.902. The summed E-state index contributed by atoms with van der Waals surface area (Å²) in [4.78, 5) is 24.2. The monoisotopic (exact) mass is 473 g/mol. The number of ether oxygens (including phenoxy) is 2. The van der Waals surface area contributed by atoms with Crippen molar-refractivity contribution in [2.24, 2.45) is 17.3 Å². The maximum atomic E-state index is 12.6. The molecule has 1 heterocycles. The fourth-order valence-corrected chi connectivity index (χ4v) is 7.11. The van der Waals surface area contributed by atoms with Crippen LogP contribution in [0.2, 0.25) is 0 Å². The molecule has 1 saturated heterocycles. The first-order valence-electron chi connectivity index (χ1n) is 12.4. The van der Waals surface area contributed by atoms with Crippen molar-refractivity contribution in [1.29, 1.82) is 0 Å². The number of benzene rings is 1. The van der Waals surface area contributed by atoms with E-state index in [2.05, 4.69) is 18.3 Å². The molecule has 1 aliphatic heterocycles. The maximum Gasteiger partial charge on any atom is 0.223 e. The van der Waals surface area contributed by atoms with Gasteiger partial charge in [-0.05, 0) is 73.1 Å². The lowest BCUT2D eigenvalue weighted by molar-refractivity contribution is -0.244. The Morgan fingerprint density at radius 3 is 2.74 bits per heavy atom. The number of aryl methyl sites for hydroxylation is 1. The molecule has 0 spiro atoms. The zero-order valence-electron chi connectivity index (χ0n) is 19.8. The smallest absolute Gasteiger partial charge is 0.223 e. The van der Waals surface area contributed by atoms with E-state index < -0.39 is 37.3 Å². The Hall–Kier alpha value is -2.00. The van der Waals surface area contributed by atoms with Gasteiger partial charge in [-0.3, -0.25) is 9.59 Å². The second kappa shape index (κ2) is 8.90. The molecule has 0 unspecified atom stereocenters. The van der Waals surface area contributed by atoms with Crippen molar-refractivity contribution >= 4 is 11.7 Å². The number of rotatable bonds is 4. The van der Waals surface area contributed by atoms with Crippen molar-refractivity contribution in [1.82, 2.24) is 5.32 Å². The predicted octanol–water partition coefficient (Wildman–Crippen LogP) is 1.43. The molecule has 186 valence electrons. The lowest BCUT2D eigenvalue weighted by Gasteiger charge is -2.48. The number of hydrogen-bond acceptors (Lipinski definition) is 7. The van der Waals surface area contributed by atoms with Crippen LogP contribution in [0.5, 0.6) is 5.75 Å². The molecule has 1 amide bonds. The maximum absolute atomic E-state index is 12.6. The van der Waals surface area contributed by atoms with Crippen molar-refractivity contribution in [3.8, 4) is 5.75 Å². The molecule has 3 aliphatic carbocycles. The van der Waals surface area contributed by atoms with E-state index in [0.29, 0.717) is 29.3 Å². The molecule has 0 bridgehead atoms. The minimum atomic E-state index is -1.35. The first kappa shape index (κ1) is 23.7. The molecule has 9 atom stereocenters. The van der Waals surface area contributed by atoms with Gasteiger partial charge in [-0.25, -0.2) is 0 Å². The number of aliphatic hydroxyl groups is 3. The molecule has 0 radical (unpaired) electrons. The summed E-state index contributed by atoms with van der Waals surface area (Å²) >= 11 is 0. The largest absolute Gasteiger partial charge is 0.463 e. The van der Waals surface area contributed by atoms with Crippen LogP contribution < -0.4 is 10.1 Å². The van der Waals surface area contributed by atoms with E-state index in [1.807, 2.05) is 12.1 Å². The van der Waals surface area contributed by atoms with Crippen LogP contribution >= 0.6 is 0 Å². The Morgan fingerprint density at radius 2 is 2.00 bits per heavy atom. The van der Waals surface area contributed by atoms with E-state index in [9.17, 15) is 24.9 Å². The van der Waals surface area contributed by atoms with Crippen molar-refractivity contribution in [2.45, 2.75) is 88.9 Å². The number of ketones is 1. The van der Waals surface area contributed by atoms with Crippen LogP contribution in [-0.2, 0) is 20.7 Å². The second-order valence-corrected chi connectivity index (χ2v) is 10.7. The molecule has 4 N–H and O–H groups in total. The van der Waals surface area contributed by atoms with Crippen molar-refractivity contribution in [3.05, 3.63) is 29.3 Å². The minimum Gasteiger partial charge on any atom is -0.463 e. The van der Waals surface area contributed by atoms with E-state index in [4.69, 9.17) is 9.47 Å². The Morgan fingerprint density at radius 1 is 1.21 bits per heavy atom. The predicted molar refractivity (Wildman–Crippen MR) is 122 cm³/mol. The summed E-state index contributed by atoms with van der Waals surface area (Å²) < 4.78 is 11.8. The van der Waals surface area contributed by atoms with Crippen molar-refractivity contribution in [2.75, 3.05) is 6.61 Å². The molecule has 8 nitrogen and oxygen atoms in total. The lowest BCUT2D eigenvalue weighted by Crippen LogP contribution is -2.65. The van der Waals surface area contributed by atoms with Crippen LogP contribution in [0.25, 0.3) is 0 Å². The SMILES string of the molecule is CC(=O)N[C@@H]1[C@H](Oc2ccc3c(c2)CC[C@H]2[C@@H]3CC[C@@]3(C)C(=O)CC[C@H]23)O[C@H](CO)[C@@H](O)[C@@H]1O. The van der Waals surface area contributed by atoms with Gasteiger partial charge in [0, 0.05) is 18.8 Å². The van der Waals surface area contributed by atoms with Gasteiger partial charge < -0.3 is 30.1 Å². The molecule has 34 heavy (non-hydrogen) atoms. The van der Waals surface area contributed by atoms with E-state index in [1.165, 1.54) is 18.1 Å². The van der Waals surface area contributed by atoms with Gasteiger partial charge in [0.2, 0.25) is 12.2 Å². The van der Waals surface area contributed by atoms with Gasteiger partial charge >= 0.3 is 0 Å². The molecule has 5 rings (SSSR count). The zero-order chi connectivity index (χ0) is 24.2. The van der Waals surface area contributed by atoms with Crippen LogP contribution in [0.15, 0.2) is 18.2 Å². The van der Waals surface area contributed by atoms with Gasteiger partial charge in [-0.2, -0.15) is 0 Å². The number of amides is 1. The van der Waals surface area contributed by atoms with E-state index in [1.54, 1.807) is 0 Å². The highest BCUT2D eigenvalue weighted by Gasteiger charge is 2.54. The number of aliphatic hydroxyl groups excluding tert-OH is 3. The average Bonchev–Trinajstić information content (AvgIpc) is 3.12. The molecular weight excluding hydrogens is 438 g/mol. The van der Waals surface area contributed by atoms with Crippen LogP contribution in [0.3, 0.4) is 0 Å². The number of Topliss-reactive ketones (excluding diaryl/α,β-unsaturated/α-hetero) is 1. The fourth-order valence-electron chi connectivity index (χ4n) is 7.11. The highest BCUT2D eigenvalue weighted by molar-refractivity contribution is 5.87. The molecule has 8 heteroatoms. The zero-order valence-corrected chi connectivity index (χ0v) is 19.8. The van der Waals surface area contributed by atoms with E-state index >= 15 is 0 Å². The summed E-state index contributed by atoms with van der Waals surface area (Å²) in [7, 11) is 0. The third-order valence-electron chi connectivity index (χ3n) is 8.91. The Kier molecular flexibility index (Phi) is 6.21. The van der Waals surface area contributed by atoms with Crippen LogP contribution in [0.1, 0.15) is 63.0 Å². The number of hydrogen-bond donors (Lipinski definition) is 4. The number of carbonyl (C=O) groups is 2. The first-order valence-corrected chi connectivity index (χ1v) is 12.4. The third-order valence-corrected chi connectivity index (χ3v) is 8.91. The molecule has 1 aromatic rings. The van der Waals surface area contributed by atoms with Gasteiger partial charge in [-0.15, -0.1) is 0 Å². The average molecular weight is 474 g/mol. The van der Waals surface area contributed by atoms with Gasteiger partial charge in [0.1, 0.15) is 35.9 Å². The Balaban J connectivity index is 1.36.